The van der Waals surface area contributed by atoms with Gasteiger partial charge in [-0.3, -0.25) is 14.4 Å². The Morgan fingerprint density at radius 1 is 1.00 bits per heavy atom. The van der Waals surface area contributed by atoms with Gasteiger partial charge in [-0.2, -0.15) is 0 Å². The molecule has 0 saturated carbocycles. The molecule has 0 atom stereocenters. The molecule has 0 radical (unpaired) electrons. The van der Waals surface area contributed by atoms with Gasteiger partial charge in [0.1, 0.15) is 11.5 Å². The molecule has 1 aliphatic rings. The fourth-order valence-corrected chi connectivity index (χ4v) is 2.58. The van der Waals surface area contributed by atoms with E-state index in [2.05, 4.69) is 0 Å². The third-order valence-electron chi connectivity index (χ3n) is 3.52. The largest absolute Gasteiger partial charge is 0.496 e. The van der Waals surface area contributed by atoms with Crippen molar-refractivity contribution in [3.63, 3.8) is 0 Å². The molecule has 0 unspecified atom stereocenters. The zero-order valence-electron chi connectivity index (χ0n) is 12.4. The van der Waals surface area contributed by atoms with E-state index in [4.69, 9.17) is 9.47 Å². The molecule has 1 aromatic rings. The number of fused-ring (bicyclic) bond motifs is 1. The van der Waals surface area contributed by atoms with Crippen LogP contribution in [0.3, 0.4) is 0 Å². The molecule has 0 spiro atoms. The number of allylic oxidation sites excluding steroid dienone is 2. The highest BCUT2D eigenvalue weighted by molar-refractivity contribution is 6.27. The molecule has 0 fully saturated rings. The summed E-state index contributed by atoms with van der Waals surface area (Å²) in [5.74, 6) is -0.424. The minimum Gasteiger partial charge on any atom is -0.496 e. The smallest absolute Gasteiger partial charge is 0.190 e. The van der Waals surface area contributed by atoms with Crippen molar-refractivity contribution in [3.8, 4) is 11.5 Å². The van der Waals surface area contributed by atoms with Gasteiger partial charge in [-0.15, -0.1) is 0 Å². The van der Waals surface area contributed by atoms with Gasteiger partial charge in [-0.25, -0.2) is 0 Å². The van der Waals surface area contributed by atoms with Crippen molar-refractivity contribution in [2.45, 2.75) is 20.3 Å². The Kier molecular flexibility index (Phi) is 3.93. The van der Waals surface area contributed by atoms with E-state index in [1.54, 1.807) is 13.8 Å². The van der Waals surface area contributed by atoms with Gasteiger partial charge >= 0.3 is 0 Å². The maximum atomic E-state index is 12.3. The van der Waals surface area contributed by atoms with Crippen molar-refractivity contribution in [2.75, 3.05) is 14.2 Å². The Bertz CT molecular complexity index is 683. The molecule has 0 amide bonds. The van der Waals surface area contributed by atoms with Crippen molar-refractivity contribution >= 4 is 17.3 Å². The highest BCUT2D eigenvalue weighted by Crippen LogP contribution is 2.41. The molecule has 2 rings (SSSR count). The third kappa shape index (κ3) is 2.14. The fraction of sp³-hybridized carbons (Fsp3) is 0.312. The average molecular weight is 288 g/mol. The summed E-state index contributed by atoms with van der Waals surface area (Å²) in [5.41, 5.74) is 0.914. The lowest BCUT2D eigenvalue weighted by Crippen LogP contribution is -2.20. The summed E-state index contributed by atoms with van der Waals surface area (Å²) in [5, 5.41) is 0. The fourth-order valence-electron chi connectivity index (χ4n) is 2.58. The van der Waals surface area contributed by atoms with Crippen LogP contribution in [0.5, 0.6) is 11.5 Å². The first kappa shape index (κ1) is 15.0. The first-order valence-corrected chi connectivity index (χ1v) is 6.56. The number of carbonyl (C=O) groups excluding carboxylic acids is 3. The van der Waals surface area contributed by atoms with E-state index < -0.39 is 5.78 Å². The molecule has 1 aromatic carbocycles. The summed E-state index contributed by atoms with van der Waals surface area (Å²) in [6, 6.07) is 0. The molecule has 0 aromatic heterocycles. The second-order valence-corrected chi connectivity index (χ2v) is 4.66. The van der Waals surface area contributed by atoms with Gasteiger partial charge in [-0.1, -0.05) is 6.92 Å². The van der Waals surface area contributed by atoms with E-state index in [1.165, 1.54) is 26.4 Å². The maximum absolute atomic E-state index is 12.3. The van der Waals surface area contributed by atoms with Crippen molar-refractivity contribution in [1.82, 2.24) is 0 Å². The van der Waals surface area contributed by atoms with Gasteiger partial charge in [0.15, 0.2) is 17.3 Å². The Labute approximate surface area is 122 Å². The van der Waals surface area contributed by atoms with Gasteiger partial charge in [0.25, 0.3) is 0 Å². The SMILES string of the molecule is CCC(=O)c1c(OC)c(C)c(OC)c2c1C(=O)C=CC2=O. The van der Waals surface area contributed by atoms with E-state index in [0.29, 0.717) is 5.56 Å². The minimum atomic E-state index is -0.391. The van der Waals surface area contributed by atoms with E-state index >= 15 is 0 Å². The van der Waals surface area contributed by atoms with Crippen molar-refractivity contribution < 1.29 is 23.9 Å². The van der Waals surface area contributed by atoms with E-state index in [0.717, 1.165) is 0 Å². The quantitative estimate of drug-likeness (QED) is 0.796. The first-order chi connectivity index (χ1) is 9.97. The number of hydrogen-bond acceptors (Lipinski definition) is 5. The molecule has 21 heavy (non-hydrogen) atoms. The Hall–Kier alpha value is -2.43. The van der Waals surface area contributed by atoms with Crippen LogP contribution in [0, 0.1) is 6.92 Å². The van der Waals surface area contributed by atoms with Gasteiger partial charge in [0.05, 0.1) is 30.9 Å². The summed E-state index contributed by atoms with van der Waals surface area (Å²) in [4.78, 5) is 36.6. The normalized spacial score (nSPS) is 13.1. The Balaban J connectivity index is 2.99. The van der Waals surface area contributed by atoms with E-state index in [9.17, 15) is 14.4 Å². The number of rotatable bonds is 4. The maximum Gasteiger partial charge on any atom is 0.190 e. The molecule has 0 saturated heterocycles. The van der Waals surface area contributed by atoms with E-state index in [1.807, 2.05) is 0 Å². The van der Waals surface area contributed by atoms with Crippen LogP contribution in [0.25, 0.3) is 0 Å². The Morgan fingerprint density at radius 3 is 2.00 bits per heavy atom. The second-order valence-electron chi connectivity index (χ2n) is 4.66. The van der Waals surface area contributed by atoms with Crippen molar-refractivity contribution in [3.05, 3.63) is 34.4 Å². The van der Waals surface area contributed by atoms with Crippen LogP contribution in [-0.4, -0.2) is 31.6 Å². The van der Waals surface area contributed by atoms with Crippen molar-refractivity contribution in [2.24, 2.45) is 0 Å². The summed E-state index contributed by atoms with van der Waals surface area (Å²) in [7, 11) is 2.84. The molecule has 0 aliphatic heterocycles. The predicted molar refractivity (Wildman–Crippen MR) is 76.7 cm³/mol. The third-order valence-corrected chi connectivity index (χ3v) is 3.52. The second kappa shape index (κ2) is 5.52. The van der Waals surface area contributed by atoms with Gasteiger partial charge in [0, 0.05) is 12.0 Å². The monoisotopic (exact) mass is 288 g/mol. The summed E-state index contributed by atoms with van der Waals surface area (Å²) in [6.45, 7) is 3.39. The first-order valence-electron chi connectivity index (χ1n) is 6.56. The molecule has 0 N–H and O–H groups in total. The number of ketones is 3. The molecule has 5 heteroatoms. The van der Waals surface area contributed by atoms with Gasteiger partial charge in [-0.05, 0) is 19.1 Å². The number of Topliss-reactive ketones (excluding diaryl/α,β-unsaturated/α-hetero) is 1. The topological polar surface area (TPSA) is 69.7 Å². The van der Waals surface area contributed by atoms with Gasteiger partial charge in [0.2, 0.25) is 0 Å². The molecule has 0 heterocycles. The summed E-state index contributed by atoms with van der Waals surface area (Å²) >= 11 is 0. The number of methoxy groups -OCH3 is 2. The lowest BCUT2D eigenvalue weighted by molar-refractivity contribution is 0.0962. The van der Waals surface area contributed by atoms with Crippen LogP contribution in [-0.2, 0) is 0 Å². The van der Waals surface area contributed by atoms with E-state index in [-0.39, 0.29) is 46.2 Å². The number of ether oxygens (including phenoxy) is 2. The standard InChI is InChI=1S/C16H16O5/c1-5-9(17)13-12-10(18)6-7-11(19)14(12)16(21-4)8(2)15(13)20-3/h6-7H,5H2,1-4H3. The highest BCUT2D eigenvalue weighted by atomic mass is 16.5. The number of benzene rings is 1. The number of carbonyl (C=O) groups is 3. The molecule has 110 valence electrons. The molecule has 0 bridgehead atoms. The lowest BCUT2D eigenvalue weighted by Gasteiger charge is -2.22. The van der Waals surface area contributed by atoms with Crippen LogP contribution in [0.4, 0.5) is 0 Å². The zero-order valence-corrected chi connectivity index (χ0v) is 12.4. The van der Waals surface area contributed by atoms with Crippen LogP contribution in [0.2, 0.25) is 0 Å². The van der Waals surface area contributed by atoms with Crippen LogP contribution in [0.1, 0.15) is 50.0 Å². The highest BCUT2D eigenvalue weighted by Gasteiger charge is 2.33. The summed E-state index contributed by atoms with van der Waals surface area (Å²) in [6.07, 6.45) is 2.57. The molecule has 1 aliphatic carbocycles. The number of hydrogen-bond donors (Lipinski definition) is 0. The average Bonchev–Trinajstić information content (AvgIpc) is 2.49. The minimum absolute atomic E-state index is 0.0775. The molecular formula is C16H16O5. The van der Waals surface area contributed by atoms with Crippen LogP contribution in [0.15, 0.2) is 12.2 Å². The summed E-state index contributed by atoms with van der Waals surface area (Å²) < 4.78 is 10.6. The van der Waals surface area contributed by atoms with Crippen molar-refractivity contribution in [1.29, 1.82) is 0 Å². The van der Waals surface area contributed by atoms with Crippen LogP contribution >= 0.6 is 0 Å². The molecule has 5 nitrogen and oxygen atoms in total. The zero-order chi connectivity index (χ0) is 15.7. The lowest BCUT2D eigenvalue weighted by atomic mass is 9.85. The molecular weight excluding hydrogens is 272 g/mol. The Morgan fingerprint density at radius 2 is 1.52 bits per heavy atom. The van der Waals surface area contributed by atoms with Crippen LogP contribution < -0.4 is 9.47 Å². The predicted octanol–water partition coefficient (Wildman–Crippen LogP) is 2.54. The van der Waals surface area contributed by atoms with Gasteiger partial charge < -0.3 is 9.47 Å².